The number of hydrogen-bond donors (Lipinski definition) is 1. The van der Waals surface area contributed by atoms with Gasteiger partial charge in [0.1, 0.15) is 5.82 Å². The highest BCUT2D eigenvalue weighted by Gasteiger charge is 2.35. The van der Waals surface area contributed by atoms with E-state index in [0.29, 0.717) is 19.0 Å². The largest absolute Gasteiger partial charge is 0.481 e. The van der Waals surface area contributed by atoms with Crippen molar-refractivity contribution in [2.24, 2.45) is 17.8 Å². The van der Waals surface area contributed by atoms with Crippen molar-refractivity contribution in [2.45, 2.75) is 44.9 Å². The molecule has 7 heteroatoms. The van der Waals surface area contributed by atoms with Crippen LogP contribution in [0.25, 0.3) is 0 Å². The summed E-state index contributed by atoms with van der Waals surface area (Å²) < 4.78 is 13.2. The molecule has 0 aromatic heterocycles. The maximum absolute atomic E-state index is 13.2. The van der Waals surface area contributed by atoms with E-state index in [1.54, 1.807) is 0 Å². The molecule has 4 rings (SSSR count). The number of carboxylic acid groups (broad SMARTS) is 1. The zero-order valence-corrected chi connectivity index (χ0v) is 18.9. The van der Waals surface area contributed by atoms with E-state index in [2.05, 4.69) is 9.80 Å². The zero-order chi connectivity index (χ0) is 22.5. The summed E-state index contributed by atoms with van der Waals surface area (Å²) in [5.41, 5.74) is 1.06. The van der Waals surface area contributed by atoms with Crippen molar-refractivity contribution >= 4 is 17.6 Å². The Hall–Kier alpha value is -2.15. The molecule has 2 aliphatic heterocycles. The molecule has 2 saturated heterocycles. The van der Waals surface area contributed by atoms with Crippen LogP contribution >= 0.6 is 0 Å². The minimum absolute atomic E-state index is 0.153. The number of halogens is 1. The molecule has 3 aliphatic rings. The molecule has 2 atom stereocenters. The first-order valence-corrected chi connectivity index (χ1v) is 12.2. The number of benzene rings is 1. The summed E-state index contributed by atoms with van der Waals surface area (Å²) in [6.45, 7) is 6.05. The molecular weight excluding hydrogens is 409 g/mol. The van der Waals surface area contributed by atoms with Crippen LogP contribution in [0.5, 0.6) is 0 Å². The molecule has 32 heavy (non-hydrogen) atoms. The minimum atomic E-state index is -0.733. The summed E-state index contributed by atoms with van der Waals surface area (Å²) in [5, 5.41) is 9.38. The van der Waals surface area contributed by atoms with Crippen LogP contribution in [0, 0.1) is 23.6 Å². The number of piperidine rings is 1. The molecule has 0 bridgehead atoms. The smallest absolute Gasteiger partial charge is 0.303 e. The number of nitrogens with zero attached hydrogens (tertiary/aromatic N) is 3. The van der Waals surface area contributed by atoms with Gasteiger partial charge in [0, 0.05) is 57.3 Å². The molecule has 176 valence electrons. The number of carbonyl (C=O) groups excluding carboxylic acids is 1. The first-order valence-electron chi connectivity index (χ1n) is 12.2. The van der Waals surface area contributed by atoms with Crippen LogP contribution in [0.3, 0.4) is 0 Å². The van der Waals surface area contributed by atoms with Gasteiger partial charge >= 0.3 is 5.97 Å². The van der Waals surface area contributed by atoms with Gasteiger partial charge < -0.3 is 14.9 Å². The molecule has 1 N–H and O–H groups in total. The molecule has 2 heterocycles. The maximum Gasteiger partial charge on any atom is 0.303 e. The second-order valence-electron chi connectivity index (χ2n) is 9.77. The van der Waals surface area contributed by atoms with Gasteiger partial charge in [0.25, 0.3) is 0 Å². The summed E-state index contributed by atoms with van der Waals surface area (Å²) in [5.74, 6) is -0.0546. The third kappa shape index (κ3) is 5.80. The Kier molecular flexibility index (Phi) is 7.66. The van der Waals surface area contributed by atoms with E-state index in [1.807, 2.05) is 17.0 Å². The number of aliphatic carboxylic acids is 1. The Morgan fingerprint density at radius 1 is 0.938 bits per heavy atom. The SMILES string of the molecule is O=C(O)CC1CCN(C(=O)C2CCCC2)CC1CCN1CCN(c2ccc(F)cc2)CC1. The Morgan fingerprint density at radius 2 is 1.62 bits per heavy atom. The van der Waals surface area contributed by atoms with Crippen LogP contribution in [0.15, 0.2) is 24.3 Å². The molecule has 0 radical (unpaired) electrons. The van der Waals surface area contributed by atoms with Crippen molar-refractivity contribution in [3.63, 3.8) is 0 Å². The lowest BCUT2D eigenvalue weighted by Crippen LogP contribution is -2.49. The first kappa shape index (κ1) is 23.0. The highest BCUT2D eigenvalue weighted by atomic mass is 19.1. The van der Waals surface area contributed by atoms with E-state index < -0.39 is 5.97 Å². The lowest BCUT2D eigenvalue weighted by Gasteiger charge is -2.41. The number of likely N-dealkylation sites (tertiary alicyclic amines) is 1. The average molecular weight is 446 g/mol. The highest BCUT2D eigenvalue weighted by Crippen LogP contribution is 2.33. The van der Waals surface area contributed by atoms with Crippen LogP contribution in [-0.2, 0) is 9.59 Å². The van der Waals surface area contributed by atoms with Crippen molar-refractivity contribution in [1.82, 2.24) is 9.80 Å². The number of piperazine rings is 1. The highest BCUT2D eigenvalue weighted by molar-refractivity contribution is 5.79. The third-order valence-corrected chi connectivity index (χ3v) is 7.72. The summed E-state index contributed by atoms with van der Waals surface area (Å²) in [7, 11) is 0. The average Bonchev–Trinajstić information content (AvgIpc) is 3.33. The predicted molar refractivity (Wildman–Crippen MR) is 122 cm³/mol. The van der Waals surface area contributed by atoms with E-state index in [4.69, 9.17) is 0 Å². The number of carboxylic acids is 1. The van der Waals surface area contributed by atoms with Crippen molar-refractivity contribution in [3.8, 4) is 0 Å². The number of amides is 1. The van der Waals surface area contributed by atoms with Crippen molar-refractivity contribution < 1.29 is 19.1 Å². The fraction of sp³-hybridized carbons (Fsp3) is 0.680. The van der Waals surface area contributed by atoms with Crippen LogP contribution in [0.1, 0.15) is 44.9 Å². The van der Waals surface area contributed by atoms with Crippen molar-refractivity contribution in [3.05, 3.63) is 30.1 Å². The molecule has 3 fully saturated rings. The van der Waals surface area contributed by atoms with Gasteiger partial charge in [-0.1, -0.05) is 12.8 Å². The van der Waals surface area contributed by atoms with Gasteiger partial charge in [0.2, 0.25) is 5.91 Å². The van der Waals surface area contributed by atoms with Gasteiger partial charge in [-0.25, -0.2) is 4.39 Å². The van der Waals surface area contributed by atoms with Crippen LogP contribution in [0.2, 0.25) is 0 Å². The monoisotopic (exact) mass is 445 g/mol. The van der Waals surface area contributed by atoms with Crippen molar-refractivity contribution in [2.75, 3.05) is 50.7 Å². The second kappa shape index (κ2) is 10.6. The predicted octanol–water partition coefficient (Wildman–Crippen LogP) is 3.47. The topological polar surface area (TPSA) is 64.1 Å². The van der Waals surface area contributed by atoms with Crippen LogP contribution < -0.4 is 4.90 Å². The lowest BCUT2D eigenvalue weighted by molar-refractivity contribution is -0.141. The van der Waals surface area contributed by atoms with E-state index in [-0.39, 0.29) is 30.0 Å². The van der Waals surface area contributed by atoms with Gasteiger partial charge in [0.05, 0.1) is 0 Å². The van der Waals surface area contributed by atoms with Gasteiger partial charge in [-0.15, -0.1) is 0 Å². The molecule has 1 aromatic carbocycles. The Morgan fingerprint density at radius 3 is 2.28 bits per heavy atom. The third-order valence-electron chi connectivity index (χ3n) is 7.72. The summed E-state index contributed by atoms with van der Waals surface area (Å²) in [4.78, 5) is 31.1. The number of carbonyl (C=O) groups is 2. The second-order valence-corrected chi connectivity index (χ2v) is 9.77. The molecule has 1 aliphatic carbocycles. The molecule has 1 amide bonds. The normalized spacial score (nSPS) is 25.3. The number of rotatable bonds is 7. The summed E-state index contributed by atoms with van der Waals surface area (Å²) in [6, 6.07) is 6.68. The fourth-order valence-electron chi connectivity index (χ4n) is 5.76. The number of hydrogen-bond acceptors (Lipinski definition) is 4. The number of anilines is 1. The molecule has 2 unspecified atom stereocenters. The Bertz CT molecular complexity index is 773. The molecular formula is C25H36FN3O3. The molecule has 6 nitrogen and oxygen atoms in total. The van der Waals surface area contributed by atoms with Crippen LogP contribution in [-0.4, -0.2) is 72.6 Å². The van der Waals surface area contributed by atoms with E-state index in [9.17, 15) is 19.1 Å². The standard InChI is InChI=1S/C25H36FN3O3/c26-22-5-7-23(8-6-22)28-15-13-27(14-16-28)11-9-21-18-29(12-10-20(21)17-24(30)31)25(32)19-3-1-2-4-19/h5-8,19-21H,1-4,9-18H2,(H,30,31). The first-order chi connectivity index (χ1) is 15.5. The van der Waals surface area contributed by atoms with Gasteiger partial charge in [-0.2, -0.15) is 0 Å². The zero-order valence-electron chi connectivity index (χ0n) is 18.9. The van der Waals surface area contributed by atoms with E-state index >= 15 is 0 Å². The fourth-order valence-corrected chi connectivity index (χ4v) is 5.76. The van der Waals surface area contributed by atoms with Crippen molar-refractivity contribution in [1.29, 1.82) is 0 Å². The van der Waals surface area contributed by atoms with E-state index in [0.717, 1.165) is 76.9 Å². The van der Waals surface area contributed by atoms with E-state index in [1.165, 1.54) is 12.1 Å². The van der Waals surface area contributed by atoms with Gasteiger partial charge in [-0.05, 0) is 68.3 Å². The van der Waals surface area contributed by atoms with Gasteiger partial charge in [0.15, 0.2) is 0 Å². The quantitative estimate of drug-likeness (QED) is 0.696. The lowest BCUT2D eigenvalue weighted by atomic mass is 9.80. The summed E-state index contributed by atoms with van der Waals surface area (Å²) in [6.07, 6.45) is 6.26. The van der Waals surface area contributed by atoms with Crippen LogP contribution in [0.4, 0.5) is 10.1 Å². The molecule has 1 aromatic rings. The Labute approximate surface area is 190 Å². The minimum Gasteiger partial charge on any atom is -0.481 e. The maximum atomic E-state index is 13.2. The molecule has 1 saturated carbocycles. The Balaban J connectivity index is 1.29. The summed E-state index contributed by atoms with van der Waals surface area (Å²) >= 11 is 0. The molecule has 0 spiro atoms. The van der Waals surface area contributed by atoms with Gasteiger partial charge in [-0.3, -0.25) is 14.5 Å².